The van der Waals surface area contributed by atoms with Crippen LogP contribution in [0.25, 0.3) is 0 Å². The van der Waals surface area contributed by atoms with Crippen molar-refractivity contribution in [1.29, 1.82) is 0 Å². The predicted octanol–water partition coefficient (Wildman–Crippen LogP) is -1.90. The number of hydrogen-bond donors (Lipinski definition) is 3. The molecule has 92 valence electrons. The molecule has 7 nitrogen and oxygen atoms in total. The van der Waals surface area contributed by atoms with Gasteiger partial charge < -0.3 is 15.9 Å². The molecule has 1 fully saturated rings. The molecule has 0 aromatic carbocycles. The number of rotatable bonds is 5. The van der Waals surface area contributed by atoms with E-state index in [0.29, 0.717) is 32.7 Å². The van der Waals surface area contributed by atoms with Crippen LogP contribution in [0.2, 0.25) is 0 Å². The van der Waals surface area contributed by atoms with Gasteiger partial charge >= 0.3 is 11.9 Å². The molecule has 0 aromatic rings. The molecule has 0 amide bonds. The highest BCUT2D eigenvalue weighted by molar-refractivity contribution is 5.73. The van der Waals surface area contributed by atoms with Crippen molar-refractivity contribution >= 4 is 11.9 Å². The third kappa shape index (κ3) is 4.13. The number of carboxylic acids is 2. The van der Waals surface area contributed by atoms with E-state index in [0.717, 1.165) is 0 Å². The number of hydrogen-bond acceptors (Lipinski definition) is 5. The number of nitrogens with zero attached hydrogens (tertiary/aromatic N) is 2. The lowest BCUT2D eigenvalue weighted by atomic mass is 10.2. The quantitative estimate of drug-likeness (QED) is 0.507. The van der Waals surface area contributed by atoms with Gasteiger partial charge in [-0.1, -0.05) is 0 Å². The zero-order valence-electron chi connectivity index (χ0n) is 9.00. The van der Waals surface area contributed by atoms with E-state index in [-0.39, 0.29) is 6.54 Å². The number of carboxylic acid groups (broad SMARTS) is 2. The summed E-state index contributed by atoms with van der Waals surface area (Å²) in [6.45, 7) is 2.95. The van der Waals surface area contributed by atoms with Gasteiger partial charge in [-0.2, -0.15) is 0 Å². The first kappa shape index (κ1) is 12.9. The average molecular weight is 231 g/mol. The Morgan fingerprint density at radius 1 is 1.12 bits per heavy atom. The molecule has 0 spiro atoms. The molecule has 1 aliphatic heterocycles. The normalized spacial score (nSPS) is 20.6. The first-order chi connectivity index (χ1) is 7.49. The van der Waals surface area contributed by atoms with E-state index in [1.165, 1.54) is 0 Å². The summed E-state index contributed by atoms with van der Waals surface area (Å²) >= 11 is 0. The van der Waals surface area contributed by atoms with Gasteiger partial charge in [0.1, 0.15) is 6.04 Å². The molecule has 1 rings (SSSR count). The Hall–Kier alpha value is -1.18. The lowest BCUT2D eigenvalue weighted by Gasteiger charge is -2.34. The van der Waals surface area contributed by atoms with Crippen molar-refractivity contribution in [1.82, 2.24) is 9.80 Å². The number of carbonyl (C=O) groups is 2. The second-order valence-electron chi connectivity index (χ2n) is 3.92. The Morgan fingerprint density at radius 2 is 1.62 bits per heavy atom. The zero-order valence-corrected chi connectivity index (χ0v) is 9.00. The van der Waals surface area contributed by atoms with Gasteiger partial charge in [0, 0.05) is 32.7 Å². The summed E-state index contributed by atoms with van der Waals surface area (Å²) in [6, 6.07) is -0.869. The van der Waals surface area contributed by atoms with Crippen molar-refractivity contribution in [2.45, 2.75) is 6.04 Å². The highest BCUT2D eigenvalue weighted by Crippen LogP contribution is 2.01. The minimum atomic E-state index is -1.01. The second kappa shape index (κ2) is 5.78. The summed E-state index contributed by atoms with van der Waals surface area (Å²) in [5, 5.41) is 17.2. The van der Waals surface area contributed by atoms with E-state index in [9.17, 15) is 9.59 Å². The first-order valence-corrected chi connectivity index (χ1v) is 5.14. The fraction of sp³-hybridized carbons (Fsp3) is 0.778. The van der Waals surface area contributed by atoms with Gasteiger partial charge in [-0.15, -0.1) is 0 Å². The molecule has 7 heteroatoms. The summed E-state index contributed by atoms with van der Waals surface area (Å²) in [5.74, 6) is -1.84. The van der Waals surface area contributed by atoms with Crippen LogP contribution in [0.15, 0.2) is 0 Å². The van der Waals surface area contributed by atoms with Crippen LogP contribution in [0, 0.1) is 0 Å². The molecule has 4 N–H and O–H groups in total. The summed E-state index contributed by atoms with van der Waals surface area (Å²) in [6.07, 6.45) is 0. The molecular weight excluding hydrogens is 214 g/mol. The molecule has 1 heterocycles. The van der Waals surface area contributed by atoms with Crippen LogP contribution in [0.1, 0.15) is 0 Å². The molecule has 0 bridgehead atoms. The largest absolute Gasteiger partial charge is 0.480 e. The van der Waals surface area contributed by atoms with Gasteiger partial charge in [-0.25, -0.2) is 0 Å². The smallest absolute Gasteiger partial charge is 0.321 e. The molecular formula is C9H17N3O4. The Morgan fingerprint density at radius 3 is 2.06 bits per heavy atom. The van der Waals surface area contributed by atoms with Crippen LogP contribution in [-0.4, -0.2) is 77.3 Å². The third-order valence-electron chi connectivity index (χ3n) is 2.60. The zero-order chi connectivity index (χ0) is 12.1. The van der Waals surface area contributed by atoms with Crippen molar-refractivity contribution in [3.05, 3.63) is 0 Å². The maximum Gasteiger partial charge on any atom is 0.321 e. The minimum absolute atomic E-state index is 0.0405. The molecule has 1 unspecified atom stereocenters. The van der Waals surface area contributed by atoms with Gasteiger partial charge in [0.2, 0.25) is 0 Å². The van der Waals surface area contributed by atoms with Crippen LogP contribution in [0.3, 0.4) is 0 Å². The van der Waals surface area contributed by atoms with Crippen LogP contribution in [0.5, 0.6) is 0 Å². The van der Waals surface area contributed by atoms with Crippen LogP contribution in [-0.2, 0) is 9.59 Å². The Labute approximate surface area is 93.4 Å². The molecule has 16 heavy (non-hydrogen) atoms. The van der Waals surface area contributed by atoms with Gasteiger partial charge in [0.25, 0.3) is 0 Å². The van der Waals surface area contributed by atoms with E-state index >= 15 is 0 Å². The van der Waals surface area contributed by atoms with Gasteiger partial charge in [0.15, 0.2) is 0 Å². The highest BCUT2D eigenvalue weighted by atomic mass is 16.4. The number of aliphatic carboxylic acids is 2. The van der Waals surface area contributed by atoms with E-state index in [4.69, 9.17) is 15.9 Å². The molecule has 0 saturated carbocycles. The third-order valence-corrected chi connectivity index (χ3v) is 2.60. The monoisotopic (exact) mass is 231 g/mol. The SMILES string of the molecule is NC(CN1CCN(CC(=O)O)CC1)C(=O)O. The second-order valence-corrected chi connectivity index (χ2v) is 3.92. The first-order valence-electron chi connectivity index (χ1n) is 5.14. The fourth-order valence-electron chi connectivity index (χ4n) is 1.68. The molecule has 0 aliphatic carbocycles. The van der Waals surface area contributed by atoms with Crippen molar-refractivity contribution < 1.29 is 19.8 Å². The molecule has 1 aliphatic rings. The fourth-order valence-corrected chi connectivity index (χ4v) is 1.68. The maximum absolute atomic E-state index is 10.5. The lowest BCUT2D eigenvalue weighted by Crippen LogP contribution is -2.52. The van der Waals surface area contributed by atoms with E-state index in [1.54, 1.807) is 0 Å². The van der Waals surface area contributed by atoms with Crippen molar-refractivity contribution in [2.24, 2.45) is 5.73 Å². The maximum atomic E-state index is 10.5. The summed E-state index contributed by atoms with van der Waals surface area (Å²) in [4.78, 5) is 24.8. The van der Waals surface area contributed by atoms with Gasteiger partial charge in [-0.3, -0.25) is 19.4 Å². The van der Waals surface area contributed by atoms with Crippen LogP contribution >= 0.6 is 0 Å². The van der Waals surface area contributed by atoms with Crippen molar-refractivity contribution in [2.75, 3.05) is 39.3 Å². The number of piperazine rings is 1. The van der Waals surface area contributed by atoms with Gasteiger partial charge in [0.05, 0.1) is 6.54 Å². The highest BCUT2D eigenvalue weighted by Gasteiger charge is 2.22. The van der Waals surface area contributed by atoms with E-state index in [1.807, 2.05) is 9.80 Å². The standard InChI is InChI=1S/C9H17N3O4/c10-7(9(15)16)5-11-1-3-12(4-2-11)6-8(13)14/h7H,1-6,10H2,(H,13,14)(H,15,16). The molecule has 0 aromatic heterocycles. The molecule has 0 radical (unpaired) electrons. The van der Waals surface area contributed by atoms with Crippen molar-refractivity contribution in [3.8, 4) is 0 Å². The Kier molecular flexibility index (Phi) is 4.66. The Bertz CT molecular complexity index is 263. The van der Waals surface area contributed by atoms with E-state index in [2.05, 4.69) is 0 Å². The lowest BCUT2D eigenvalue weighted by molar-refractivity contribution is -0.139. The van der Waals surface area contributed by atoms with Gasteiger partial charge in [-0.05, 0) is 0 Å². The van der Waals surface area contributed by atoms with E-state index < -0.39 is 18.0 Å². The summed E-state index contributed by atoms with van der Waals surface area (Å²) in [7, 11) is 0. The minimum Gasteiger partial charge on any atom is -0.480 e. The molecule has 1 atom stereocenters. The average Bonchev–Trinajstić information content (AvgIpc) is 2.20. The Balaban J connectivity index is 2.26. The topological polar surface area (TPSA) is 107 Å². The van der Waals surface area contributed by atoms with Crippen LogP contribution in [0.4, 0.5) is 0 Å². The predicted molar refractivity (Wildman–Crippen MR) is 56.1 cm³/mol. The van der Waals surface area contributed by atoms with Crippen LogP contribution < -0.4 is 5.73 Å². The summed E-state index contributed by atoms with van der Waals surface area (Å²) < 4.78 is 0. The van der Waals surface area contributed by atoms with Crippen molar-refractivity contribution in [3.63, 3.8) is 0 Å². The number of nitrogens with two attached hydrogens (primary N) is 1. The summed E-state index contributed by atoms with van der Waals surface area (Å²) in [5.41, 5.74) is 5.41. The molecule has 1 saturated heterocycles.